The minimum atomic E-state index is -4.48. The molecule has 8 heteroatoms. The minimum Gasteiger partial charge on any atom is -0.481 e. The first-order valence-electron chi connectivity index (χ1n) is 9.75. The lowest BCUT2D eigenvalue weighted by molar-refractivity contribution is -0.138. The lowest BCUT2D eigenvalue weighted by Gasteiger charge is -2.23. The number of hydrogen-bond acceptors (Lipinski definition) is 3. The number of nitrogens with zero attached hydrogens (tertiary/aromatic N) is 2. The van der Waals surface area contributed by atoms with Gasteiger partial charge >= 0.3 is 12.1 Å². The molecule has 164 valence electrons. The molecule has 3 aromatic rings. The monoisotopic (exact) mass is 432 g/mol. The number of fused-ring (bicyclic) bond motifs is 1. The van der Waals surface area contributed by atoms with Crippen molar-refractivity contribution in [2.45, 2.75) is 51.7 Å². The van der Waals surface area contributed by atoms with E-state index in [-0.39, 0.29) is 6.42 Å². The zero-order valence-corrected chi connectivity index (χ0v) is 17.6. The number of carbonyl (C=O) groups is 1. The molecule has 0 saturated heterocycles. The Morgan fingerprint density at radius 1 is 1.10 bits per heavy atom. The van der Waals surface area contributed by atoms with Gasteiger partial charge in [-0.15, -0.1) is 0 Å². The summed E-state index contributed by atoms with van der Waals surface area (Å²) < 4.78 is 40.8. The Balaban J connectivity index is 2.29. The van der Waals surface area contributed by atoms with Crippen LogP contribution in [0, 0.1) is 0 Å². The second-order valence-electron chi connectivity index (χ2n) is 8.61. The van der Waals surface area contributed by atoms with Crippen molar-refractivity contribution in [3.8, 4) is 11.1 Å². The third kappa shape index (κ3) is 4.62. The molecule has 1 aromatic heterocycles. The molecule has 31 heavy (non-hydrogen) atoms. The molecule has 1 unspecified atom stereocenters. The Morgan fingerprint density at radius 3 is 2.32 bits per heavy atom. The van der Waals surface area contributed by atoms with Crippen LogP contribution >= 0.6 is 0 Å². The molecule has 2 aromatic carbocycles. The Bertz CT molecular complexity index is 1210. The first kappa shape index (κ1) is 22.5. The van der Waals surface area contributed by atoms with Crippen molar-refractivity contribution >= 4 is 17.0 Å². The Kier molecular flexibility index (Phi) is 5.69. The molecule has 3 rings (SSSR count). The highest BCUT2D eigenvalue weighted by Gasteiger charge is 2.30. The van der Waals surface area contributed by atoms with Gasteiger partial charge in [0.05, 0.1) is 23.0 Å². The van der Waals surface area contributed by atoms with Gasteiger partial charge in [-0.05, 0) is 42.3 Å². The number of benzene rings is 2. The van der Waals surface area contributed by atoms with Crippen LogP contribution in [0.25, 0.3) is 22.2 Å². The second kappa shape index (κ2) is 7.83. The molecule has 0 aliphatic rings. The van der Waals surface area contributed by atoms with Gasteiger partial charge in [0, 0.05) is 11.5 Å². The average molecular weight is 432 g/mol. The van der Waals surface area contributed by atoms with E-state index in [1.165, 1.54) is 10.6 Å². The molecule has 5 nitrogen and oxygen atoms in total. The van der Waals surface area contributed by atoms with Gasteiger partial charge in [0.1, 0.15) is 5.69 Å². The minimum absolute atomic E-state index is 0.281. The number of alkyl halides is 3. The quantitative estimate of drug-likeness (QED) is 0.598. The van der Waals surface area contributed by atoms with Gasteiger partial charge in [-0.2, -0.15) is 13.2 Å². The predicted molar refractivity (Wildman–Crippen MR) is 112 cm³/mol. The average Bonchev–Trinajstić information content (AvgIpc) is 2.65. The van der Waals surface area contributed by atoms with Crippen molar-refractivity contribution < 1.29 is 23.1 Å². The number of aromatic nitrogens is 2. The van der Waals surface area contributed by atoms with Crippen LogP contribution in [0.3, 0.4) is 0 Å². The number of halogens is 3. The van der Waals surface area contributed by atoms with E-state index in [0.717, 1.165) is 12.1 Å². The smallest absolute Gasteiger partial charge is 0.416 e. The van der Waals surface area contributed by atoms with Crippen LogP contribution in [-0.2, 0) is 16.4 Å². The number of rotatable bonds is 4. The summed E-state index contributed by atoms with van der Waals surface area (Å²) in [6.07, 6.45) is -4.76. The van der Waals surface area contributed by atoms with Crippen LogP contribution in [0.1, 0.15) is 51.4 Å². The summed E-state index contributed by atoms with van der Waals surface area (Å²) in [6.45, 7) is 7.14. The van der Waals surface area contributed by atoms with E-state index in [4.69, 9.17) is 0 Å². The van der Waals surface area contributed by atoms with E-state index in [1.807, 2.05) is 20.8 Å². The Hall–Kier alpha value is -3.16. The Labute approximate surface area is 177 Å². The third-order valence-electron chi connectivity index (χ3n) is 5.03. The van der Waals surface area contributed by atoms with Crippen molar-refractivity contribution in [2.24, 2.45) is 0 Å². The highest BCUT2D eigenvalue weighted by molar-refractivity contribution is 5.82. The fraction of sp³-hybridized carbons (Fsp3) is 0.348. The highest BCUT2D eigenvalue weighted by Crippen LogP contribution is 2.33. The van der Waals surface area contributed by atoms with E-state index in [1.54, 1.807) is 31.2 Å². The van der Waals surface area contributed by atoms with E-state index >= 15 is 0 Å². The predicted octanol–water partition coefficient (Wildman–Crippen LogP) is 5.42. The van der Waals surface area contributed by atoms with Crippen molar-refractivity contribution in [3.63, 3.8) is 0 Å². The SMILES string of the molecule is CC(CC(=O)O)n1c(=O)c(C(C)(C)C)nc2ccc(-c3cccc(C(F)(F)F)c3)cc21. The molecule has 0 bridgehead atoms. The van der Waals surface area contributed by atoms with Gasteiger partial charge < -0.3 is 9.67 Å². The van der Waals surface area contributed by atoms with E-state index < -0.39 is 34.7 Å². The van der Waals surface area contributed by atoms with Crippen molar-refractivity contribution in [1.82, 2.24) is 9.55 Å². The van der Waals surface area contributed by atoms with Gasteiger partial charge in [-0.3, -0.25) is 9.59 Å². The van der Waals surface area contributed by atoms with Gasteiger partial charge in [0.15, 0.2) is 0 Å². The summed E-state index contributed by atoms with van der Waals surface area (Å²) in [5.41, 5.74) is 0.192. The van der Waals surface area contributed by atoms with Crippen molar-refractivity contribution in [3.05, 3.63) is 64.1 Å². The molecule has 0 amide bonds. The van der Waals surface area contributed by atoms with Crippen LogP contribution in [0.2, 0.25) is 0 Å². The largest absolute Gasteiger partial charge is 0.481 e. The first-order chi connectivity index (χ1) is 14.3. The van der Waals surface area contributed by atoms with E-state index in [0.29, 0.717) is 27.9 Å². The van der Waals surface area contributed by atoms with Gasteiger partial charge in [-0.25, -0.2) is 4.98 Å². The zero-order valence-electron chi connectivity index (χ0n) is 17.6. The fourth-order valence-electron chi connectivity index (χ4n) is 3.53. The van der Waals surface area contributed by atoms with Gasteiger partial charge in [0.25, 0.3) is 5.56 Å². The number of aliphatic carboxylic acids is 1. The molecule has 0 spiro atoms. The van der Waals surface area contributed by atoms with E-state index in [9.17, 15) is 27.9 Å². The van der Waals surface area contributed by atoms with Crippen LogP contribution < -0.4 is 5.56 Å². The molecule has 0 fully saturated rings. The fourth-order valence-corrected chi connectivity index (χ4v) is 3.53. The molecule has 0 aliphatic carbocycles. The van der Waals surface area contributed by atoms with E-state index in [2.05, 4.69) is 4.98 Å². The second-order valence-corrected chi connectivity index (χ2v) is 8.61. The number of carboxylic acids is 1. The summed E-state index contributed by atoms with van der Waals surface area (Å²) in [4.78, 5) is 29.0. The van der Waals surface area contributed by atoms with Crippen LogP contribution in [0.5, 0.6) is 0 Å². The molecule has 1 atom stereocenters. The summed E-state index contributed by atoms with van der Waals surface area (Å²) in [6, 6.07) is 9.11. The maximum absolute atomic E-state index is 13.2. The molecule has 0 aliphatic heterocycles. The van der Waals surface area contributed by atoms with Gasteiger partial charge in [-0.1, -0.05) is 39.0 Å². The van der Waals surface area contributed by atoms with Crippen LogP contribution in [-0.4, -0.2) is 20.6 Å². The summed E-state index contributed by atoms with van der Waals surface area (Å²) >= 11 is 0. The first-order valence-corrected chi connectivity index (χ1v) is 9.75. The normalized spacial score (nSPS) is 13.4. The number of carboxylic acid groups (broad SMARTS) is 1. The maximum atomic E-state index is 13.2. The van der Waals surface area contributed by atoms with Crippen LogP contribution in [0.4, 0.5) is 13.2 Å². The molecule has 0 saturated carbocycles. The molecule has 0 radical (unpaired) electrons. The summed E-state index contributed by atoms with van der Waals surface area (Å²) in [5.74, 6) is -1.06. The highest BCUT2D eigenvalue weighted by atomic mass is 19.4. The maximum Gasteiger partial charge on any atom is 0.416 e. The molecular formula is C23H23F3N2O3. The molecule has 1 N–H and O–H groups in total. The number of hydrogen-bond donors (Lipinski definition) is 1. The summed E-state index contributed by atoms with van der Waals surface area (Å²) in [5, 5.41) is 9.24. The topological polar surface area (TPSA) is 72.2 Å². The van der Waals surface area contributed by atoms with Crippen molar-refractivity contribution in [1.29, 1.82) is 0 Å². The van der Waals surface area contributed by atoms with Crippen molar-refractivity contribution in [2.75, 3.05) is 0 Å². The van der Waals surface area contributed by atoms with Gasteiger partial charge in [0.2, 0.25) is 0 Å². The molecule has 1 heterocycles. The lowest BCUT2D eigenvalue weighted by Crippen LogP contribution is -2.34. The van der Waals surface area contributed by atoms with Crippen LogP contribution in [0.15, 0.2) is 47.3 Å². The lowest BCUT2D eigenvalue weighted by atomic mass is 9.92. The Morgan fingerprint density at radius 2 is 1.74 bits per heavy atom. The summed E-state index contributed by atoms with van der Waals surface area (Å²) in [7, 11) is 0. The third-order valence-corrected chi connectivity index (χ3v) is 5.03. The zero-order chi connectivity index (χ0) is 23.1. The standard InChI is InChI=1S/C23H23F3N2O3/c1-13(10-19(29)30)28-18-12-15(14-6-5-7-16(11-14)23(24,25)26)8-9-17(18)27-20(21(28)31)22(2,3)4/h5-9,11-13H,10H2,1-4H3,(H,29,30). The molecular weight excluding hydrogens is 409 g/mol.